The molecule has 29 heavy (non-hydrogen) atoms. The number of imidazole rings is 1. The number of hydrogen-bond acceptors (Lipinski definition) is 5. The number of ether oxygens (including phenoxy) is 1. The van der Waals surface area contributed by atoms with Gasteiger partial charge in [0.15, 0.2) is 22.6 Å². The van der Waals surface area contributed by atoms with Gasteiger partial charge >= 0.3 is 0 Å². The quantitative estimate of drug-likeness (QED) is 0.639. The molecular formula is C21H28ClN5O2. The molecule has 1 aromatic carbocycles. The fourth-order valence-electron chi connectivity index (χ4n) is 3.75. The zero-order chi connectivity index (χ0) is 19.5. The van der Waals surface area contributed by atoms with E-state index in [-0.39, 0.29) is 24.3 Å². The van der Waals surface area contributed by atoms with E-state index in [1.165, 1.54) is 12.8 Å². The van der Waals surface area contributed by atoms with Gasteiger partial charge in [0.2, 0.25) is 0 Å². The summed E-state index contributed by atoms with van der Waals surface area (Å²) in [7, 11) is 0. The van der Waals surface area contributed by atoms with E-state index in [2.05, 4.69) is 21.9 Å². The van der Waals surface area contributed by atoms with Crippen molar-refractivity contribution in [3.05, 3.63) is 41.4 Å². The first-order valence-electron chi connectivity index (χ1n) is 10.1. The van der Waals surface area contributed by atoms with Crippen molar-refractivity contribution in [3.63, 3.8) is 0 Å². The number of aromatic hydroxyl groups is 1. The second-order valence-electron chi connectivity index (χ2n) is 7.21. The van der Waals surface area contributed by atoms with Gasteiger partial charge in [0.25, 0.3) is 0 Å². The molecule has 156 valence electrons. The summed E-state index contributed by atoms with van der Waals surface area (Å²) in [6, 6.07) is 5.53. The minimum Gasteiger partial charge on any atom is -0.504 e. The smallest absolute Gasteiger partial charge is 0.176 e. The van der Waals surface area contributed by atoms with Crippen LogP contribution in [0.4, 0.5) is 0 Å². The van der Waals surface area contributed by atoms with Crippen LogP contribution in [0, 0.1) is 0 Å². The molecule has 3 aromatic rings. The largest absolute Gasteiger partial charge is 0.504 e. The van der Waals surface area contributed by atoms with Gasteiger partial charge in [0.1, 0.15) is 11.3 Å². The molecule has 2 N–H and O–H groups in total. The number of nitrogens with zero attached hydrogens (tertiary/aromatic N) is 4. The number of halogens is 1. The van der Waals surface area contributed by atoms with Crippen molar-refractivity contribution in [1.29, 1.82) is 0 Å². The number of aromatic nitrogens is 4. The molecule has 1 aliphatic rings. The lowest BCUT2D eigenvalue weighted by molar-refractivity contribution is 0.201. The van der Waals surface area contributed by atoms with Crippen molar-refractivity contribution in [2.45, 2.75) is 58.6 Å². The van der Waals surface area contributed by atoms with Gasteiger partial charge in [-0.3, -0.25) is 4.99 Å². The van der Waals surface area contributed by atoms with Crippen molar-refractivity contribution in [2.24, 2.45) is 4.99 Å². The molecule has 2 aromatic heterocycles. The summed E-state index contributed by atoms with van der Waals surface area (Å²) in [6.07, 6.45) is 7.12. The third kappa shape index (κ3) is 4.56. The van der Waals surface area contributed by atoms with Crippen LogP contribution in [-0.2, 0) is 13.0 Å². The van der Waals surface area contributed by atoms with E-state index in [1.807, 2.05) is 23.6 Å². The number of nitrogens with one attached hydrogen (secondary N) is 1. The first-order chi connectivity index (χ1) is 13.7. The van der Waals surface area contributed by atoms with Gasteiger partial charge in [-0.1, -0.05) is 6.07 Å². The van der Waals surface area contributed by atoms with Crippen LogP contribution in [-0.4, -0.2) is 37.3 Å². The number of phenols is 1. The Morgan fingerprint density at radius 1 is 1.28 bits per heavy atom. The molecule has 4 rings (SSSR count). The number of H-pyrrole nitrogens is 1. The van der Waals surface area contributed by atoms with E-state index >= 15 is 0 Å². The van der Waals surface area contributed by atoms with Crippen LogP contribution in [0.25, 0.3) is 11.2 Å². The van der Waals surface area contributed by atoms with Gasteiger partial charge in [-0.15, -0.1) is 12.4 Å². The zero-order valence-electron chi connectivity index (χ0n) is 16.9. The number of phenolic OH excluding ortho intramolecular Hbond substituents is 1. The maximum Gasteiger partial charge on any atom is 0.176 e. The first kappa shape index (κ1) is 21.2. The summed E-state index contributed by atoms with van der Waals surface area (Å²) < 4.78 is 8.03. The molecule has 0 amide bonds. The van der Waals surface area contributed by atoms with Crippen LogP contribution in [0.5, 0.6) is 11.5 Å². The van der Waals surface area contributed by atoms with Crippen molar-refractivity contribution < 1.29 is 9.84 Å². The highest BCUT2D eigenvalue weighted by Gasteiger charge is 2.18. The van der Waals surface area contributed by atoms with Crippen LogP contribution in [0.2, 0.25) is 0 Å². The molecule has 1 aliphatic carbocycles. The number of benzene rings is 1. The Morgan fingerprint density at radius 2 is 2.07 bits per heavy atom. The molecule has 0 bridgehead atoms. The fraction of sp³-hybridized carbons (Fsp3) is 0.476. The summed E-state index contributed by atoms with van der Waals surface area (Å²) in [4.78, 5) is 17.1. The van der Waals surface area contributed by atoms with Crippen molar-refractivity contribution in [1.82, 2.24) is 19.5 Å². The molecule has 0 unspecified atom stereocenters. The summed E-state index contributed by atoms with van der Waals surface area (Å²) in [6.45, 7) is 5.53. The molecule has 0 radical (unpaired) electrons. The lowest BCUT2D eigenvalue weighted by Crippen LogP contribution is -2.14. The summed E-state index contributed by atoms with van der Waals surface area (Å²) >= 11 is 0. The Hall–Kier alpha value is -2.54. The third-order valence-corrected chi connectivity index (χ3v) is 5.19. The summed E-state index contributed by atoms with van der Waals surface area (Å²) in [5.74, 6) is 1.60. The number of hydrogen-bond donors (Lipinski definition) is 2. The molecule has 1 saturated carbocycles. The fourth-order valence-corrected chi connectivity index (χ4v) is 3.75. The summed E-state index contributed by atoms with van der Waals surface area (Å²) in [5.41, 5.74) is 3.45. The van der Waals surface area contributed by atoms with E-state index in [1.54, 1.807) is 12.4 Å². The summed E-state index contributed by atoms with van der Waals surface area (Å²) in [5, 5.41) is 10.2. The van der Waals surface area contributed by atoms with Crippen LogP contribution in [0.3, 0.4) is 0 Å². The Morgan fingerprint density at radius 3 is 2.79 bits per heavy atom. The van der Waals surface area contributed by atoms with E-state index in [9.17, 15) is 5.11 Å². The number of fused-ring (bicyclic) bond motifs is 1. The average Bonchev–Trinajstić information content (AvgIpc) is 3.35. The van der Waals surface area contributed by atoms with Gasteiger partial charge in [-0.05, 0) is 57.2 Å². The van der Waals surface area contributed by atoms with E-state index in [0.717, 1.165) is 41.9 Å². The number of aromatic amines is 1. The van der Waals surface area contributed by atoms with Gasteiger partial charge in [0, 0.05) is 19.5 Å². The second-order valence-corrected chi connectivity index (χ2v) is 7.21. The minimum absolute atomic E-state index is 0. The Bertz CT molecular complexity index is 1040. The first-order valence-corrected chi connectivity index (χ1v) is 10.1. The molecule has 0 atom stereocenters. The monoisotopic (exact) mass is 417 g/mol. The van der Waals surface area contributed by atoms with Crippen molar-refractivity contribution in [3.8, 4) is 11.5 Å². The standard InChI is InChI=1S/C21H27N5O2.ClH/c1-3-22-20-19-21(26(4-2)13-23-20)25-18(24-19)12-14-9-10-16(27)17(11-14)28-15-7-5-6-8-15;/h9-11,13,15,27H,3-8,12H2,1-2H3,(H,24,25);1H. The third-order valence-electron chi connectivity index (χ3n) is 5.19. The lowest BCUT2D eigenvalue weighted by atomic mass is 10.1. The zero-order valence-corrected chi connectivity index (χ0v) is 17.7. The molecule has 0 aliphatic heterocycles. The lowest BCUT2D eigenvalue weighted by Gasteiger charge is -2.15. The molecule has 8 heteroatoms. The SMILES string of the molecule is CCN=c1ncn(CC)c2nc(Cc3ccc(O)c(OC4CCCC4)c3)[nH]c12.Cl. The van der Waals surface area contributed by atoms with Crippen LogP contribution < -0.4 is 10.2 Å². The molecular weight excluding hydrogens is 390 g/mol. The Balaban J connectivity index is 0.00000240. The number of aryl methyl sites for hydroxylation is 1. The molecule has 0 saturated heterocycles. The Kier molecular flexibility index (Phi) is 6.79. The maximum atomic E-state index is 10.2. The predicted molar refractivity (Wildman–Crippen MR) is 115 cm³/mol. The van der Waals surface area contributed by atoms with Crippen molar-refractivity contribution in [2.75, 3.05) is 6.54 Å². The molecule has 1 fully saturated rings. The number of rotatable bonds is 6. The van der Waals surface area contributed by atoms with Gasteiger partial charge in [0.05, 0.1) is 12.4 Å². The van der Waals surface area contributed by atoms with Crippen LogP contribution in [0.15, 0.2) is 29.5 Å². The Labute approximate surface area is 176 Å². The predicted octanol–water partition coefficient (Wildman–Crippen LogP) is 3.74. The highest BCUT2D eigenvalue weighted by molar-refractivity contribution is 5.85. The van der Waals surface area contributed by atoms with Gasteiger partial charge in [-0.2, -0.15) is 0 Å². The van der Waals surface area contributed by atoms with Crippen LogP contribution >= 0.6 is 12.4 Å². The van der Waals surface area contributed by atoms with E-state index < -0.39 is 0 Å². The second kappa shape index (κ2) is 9.31. The maximum absolute atomic E-state index is 10.2. The van der Waals surface area contributed by atoms with Gasteiger partial charge < -0.3 is 19.4 Å². The molecule has 0 spiro atoms. The highest BCUT2D eigenvalue weighted by atomic mass is 35.5. The highest BCUT2D eigenvalue weighted by Crippen LogP contribution is 2.32. The topological polar surface area (TPSA) is 88.3 Å². The molecule has 2 heterocycles. The minimum atomic E-state index is 0. The van der Waals surface area contributed by atoms with Gasteiger partial charge in [-0.25, -0.2) is 9.97 Å². The normalized spacial score (nSPS) is 15.0. The van der Waals surface area contributed by atoms with E-state index in [4.69, 9.17) is 9.72 Å². The van der Waals surface area contributed by atoms with Crippen LogP contribution in [0.1, 0.15) is 50.9 Å². The van der Waals surface area contributed by atoms with Crippen molar-refractivity contribution >= 4 is 23.6 Å². The molecule has 7 nitrogen and oxygen atoms in total. The average molecular weight is 418 g/mol. The van der Waals surface area contributed by atoms with E-state index in [0.29, 0.717) is 24.2 Å².